The van der Waals surface area contributed by atoms with Gasteiger partial charge in [-0.15, -0.1) is 0 Å². The zero-order valence-electron chi connectivity index (χ0n) is 12.8. The lowest BCUT2D eigenvalue weighted by Gasteiger charge is -2.20. The molecule has 0 aliphatic heterocycles. The van der Waals surface area contributed by atoms with Gasteiger partial charge in [-0.3, -0.25) is 0 Å². The second kappa shape index (κ2) is 5.71. The normalized spacial score (nSPS) is 11.7. The highest BCUT2D eigenvalue weighted by atomic mass is 15.1. The Bertz CT molecular complexity index is 580. The maximum Gasteiger partial charge on any atom is 0.0932 e. The standard InChI is InChI=1S/C17H23N3/c1-12-5-6-13(17(2,3)4)11-15(12)16-8-7-14(9-10-18)19-20-16/h5-8,11H,9-10,18H2,1-4H3. The molecule has 0 radical (unpaired) electrons. The first-order chi connectivity index (χ1) is 9.41. The molecular formula is C17H23N3. The fourth-order valence-corrected chi connectivity index (χ4v) is 2.15. The Labute approximate surface area is 121 Å². The van der Waals surface area contributed by atoms with Crippen molar-refractivity contribution in [2.45, 2.75) is 39.5 Å². The van der Waals surface area contributed by atoms with Crippen molar-refractivity contribution in [3.63, 3.8) is 0 Å². The highest BCUT2D eigenvalue weighted by molar-refractivity contribution is 5.64. The second-order valence-corrected chi connectivity index (χ2v) is 6.23. The molecule has 0 saturated carbocycles. The molecule has 0 spiro atoms. The minimum absolute atomic E-state index is 0.134. The molecule has 3 nitrogen and oxygen atoms in total. The fourth-order valence-electron chi connectivity index (χ4n) is 2.15. The van der Waals surface area contributed by atoms with Crippen molar-refractivity contribution >= 4 is 0 Å². The summed E-state index contributed by atoms with van der Waals surface area (Å²) in [6.07, 6.45) is 0.772. The molecule has 0 atom stereocenters. The number of hydrogen-bond acceptors (Lipinski definition) is 3. The van der Waals surface area contributed by atoms with Crippen LogP contribution in [0.3, 0.4) is 0 Å². The van der Waals surface area contributed by atoms with Crippen LogP contribution in [0.5, 0.6) is 0 Å². The Morgan fingerprint density at radius 2 is 1.80 bits per heavy atom. The summed E-state index contributed by atoms with van der Waals surface area (Å²) < 4.78 is 0. The van der Waals surface area contributed by atoms with E-state index >= 15 is 0 Å². The molecule has 106 valence electrons. The van der Waals surface area contributed by atoms with Crippen molar-refractivity contribution < 1.29 is 0 Å². The summed E-state index contributed by atoms with van der Waals surface area (Å²) in [5.74, 6) is 0. The van der Waals surface area contributed by atoms with E-state index in [2.05, 4.69) is 56.1 Å². The van der Waals surface area contributed by atoms with Gasteiger partial charge in [-0.05, 0) is 48.2 Å². The van der Waals surface area contributed by atoms with Gasteiger partial charge in [0.05, 0.1) is 11.4 Å². The van der Waals surface area contributed by atoms with E-state index in [4.69, 9.17) is 5.73 Å². The van der Waals surface area contributed by atoms with E-state index in [9.17, 15) is 0 Å². The minimum Gasteiger partial charge on any atom is -0.330 e. The topological polar surface area (TPSA) is 51.8 Å². The van der Waals surface area contributed by atoms with Gasteiger partial charge in [-0.2, -0.15) is 10.2 Å². The van der Waals surface area contributed by atoms with Gasteiger partial charge < -0.3 is 5.73 Å². The minimum atomic E-state index is 0.134. The van der Waals surface area contributed by atoms with E-state index in [1.165, 1.54) is 11.1 Å². The zero-order chi connectivity index (χ0) is 14.8. The van der Waals surface area contributed by atoms with Gasteiger partial charge in [-0.1, -0.05) is 32.9 Å². The molecule has 0 bridgehead atoms. The molecule has 0 saturated heterocycles. The molecule has 0 unspecified atom stereocenters. The van der Waals surface area contributed by atoms with E-state index in [-0.39, 0.29) is 5.41 Å². The van der Waals surface area contributed by atoms with Crippen molar-refractivity contribution in [2.24, 2.45) is 5.73 Å². The molecule has 2 rings (SSSR count). The van der Waals surface area contributed by atoms with E-state index in [1.807, 2.05) is 12.1 Å². The Morgan fingerprint density at radius 3 is 2.35 bits per heavy atom. The highest BCUT2D eigenvalue weighted by Gasteiger charge is 2.15. The molecule has 0 fully saturated rings. The van der Waals surface area contributed by atoms with Crippen LogP contribution in [0.25, 0.3) is 11.3 Å². The first kappa shape index (κ1) is 14.7. The van der Waals surface area contributed by atoms with Crippen LogP contribution in [-0.2, 0) is 11.8 Å². The van der Waals surface area contributed by atoms with E-state index < -0.39 is 0 Å². The maximum absolute atomic E-state index is 5.53. The quantitative estimate of drug-likeness (QED) is 0.930. The van der Waals surface area contributed by atoms with E-state index in [0.29, 0.717) is 6.54 Å². The third-order valence-corrected chi connectivity index (χ3v) is 3.50. The van der Waals surface area contributed by atoms with Crippen LogP contribution in [-0.4, -0.2) is 16.7 Å². The number of nitrogens with zero attached hydrogens (tertiary/aromatic N) is 2. The number of hydrogen-bond donors (Lipinski definition) is 1. The molecule has 1 aromatic heterocycles. The number of rotatable bonds is 3. The van der Waals surface area contributed by atoms with E-state index in [0.717, 1.165) is 23.4 Å². The van der Waals surface area contributed by atoms with Crippen molar-refractivity contribution in [3.05, 3.63) is 47.2 Å². The first-order valence-electron chi connectivity index (χ1n) is 7.06. The first-order valence-corrected chi connectivity index (χ1v) is 7.06. The predicted octanol–water partition coefficient (Wildman–Crippen LogP) is 3.25. The van der Waals surface area contributed by atoms with Gasteiger partial charge in [0.1, 0.15) is 0 Å². The van der Waals surface area contributed by atoms with E-state index in [1.54, 1.807) is 0 Å². The van der Waals surface area contributed by atoms with Gasteiger partial charge in [0.15, 0.2) is 0 Å². The Hall–Kier alpha value is -1.74. The molecule has 0 aliphatic carbocycles. The fraction of sp³-hybridized carbons (Fsp3) is 0.412. The molecule has 1 aromatic carbocycles. The zero-order valence-corrected chi connectivity index (χ0v) is 12.8. The van der Waals surface area contributed by atoms with Crippen LogP contribution in [0, 0.1) is 6.92 Å². The lowest BCUT2D eigenvalue weighted by molar-refractivity contribution is 0.590. The Balaban J connectivity index is 2.41. The van der Waals surface area contributed by atoms with Crippen LogP contribution in [0.2, 0.25) is 0 Å². The molecule has 20 heavy (non-hydrogen) atoms. The summed E-state index contributed by atoms with van der Waals surface area (Å²) in [7, 11) is 0. The average Bonchev–Trinajstić information content (AvgIpc) is 2.39. The molecule has 0 amide bonds. The number of benzene rings is 1. The SMILES string of the molecule is Cc1ccc(C(C)(C)C)cc1-c1ccc(CCN)nn1. The van der Waals surface area contributed by atoms with Crippen molar-refractivity contribution in [2.75, 3.05) is 6.54 Å². The van der Waals surface area contributed by atoms with Crippen LogP contribution in [0.4, 0.5) is 0 Å². The molecule has 2 N–H and O–H groups in total. The lowest BCUT2D eigenvalue weighted by Crippen LogP contribution is -2.11. The molecule has 1 heterocycles. The van der Waals surface area contributed by atoms with Crippen LogP contribution in [0.15, 0.2) is 30.3 Å². The monoisotopic (exact) mass is 269 g/mol. The van der Waals surface area contributed by atoms with Gasteiger partial charge in [0, 0.05) is 12.0 Å². The third-order valence-electron chi connectivity index (χ3n) is 3.50. The Morgan fingerprint density at radius 1 is 1.05 bits per heavy atom. The number of aryl methyl sites for hydroxylation is 1. The Kier molecular flexibility index (Phi) is 4.19. The van der Waals surface area contributed by atoms with Crippen molar-refractivity contribution in [1.82, 2.24) is 10.2 Å². The smallest absolute Gasteiger partial charge is 0.0932 e. The second-order valence-electron chi connectivity index (χ2n) is 6.23. The summed E-state index contributed by atoms with van der Waals surface area (Å²) in [5.41, 5.74) is 11.2. The van der Waals surface area contributed by atoms with Gasteiger partial charge in [-0.25, -0.2) is 0 Å². The van der Waals surface area contributed by atoms with Crippen LogP contribution >= 0.6 is 0 Å². The molecular weight excluding hydrogens is 246 g/mol. The van der Waals surface area contributed by atoms with Gasteiger partial charge in [0.25, 0.3) is 0 Å². The largest absolute Gasteiger partial charge is 0.330 e. The summed E-state index contributed by atoms with van der Waals surface area (Å²) in [6, 6.07) is 10.6. The molecule has 2 aromatic rings. The summed E-state index contributed by atoms with van der Waals surface area (Å²) in [5, 5.41) is 8.59. The predicted molar refractivity (Wildman–Crippen MR) is 83.7 cm³/mol. The molecule has 0 aliphatic rings. The average molecular weight is 269 g/mol. The van der Waals surface area contributed by atoms with Crippen molar-refractivity contribution in [3.8, 4) is 11.3 Å². The number of nitrogens with two attached hydrogens (primary N) is 1. The van der Waals surface area contributed by atoms with Crippen LogP contribution < -0.4 is 5.73 Å². The third kappa shape index (κ3) is 3.23. The summed E-state index contributed by atoms with van der Waals surface area (Å²) in [6.45, 7) is 9.37. The molecule has 3 heteroatoms. The maximum atomic E-state index is 5.53. The van der Waals surface area contributed by atoms with Gasteiger partial charge in [0.2, 0.25) is 0 Å². The lowest BCUT2D eigenvalue weighted by atomic mass is 9.85. The summed E-state index contributed by atoms with van der Waals surface area (Å²) in [4.78, 5) is 0. The van der Waals surface area contributed by atoms with Gasteiger partial charge >= 0.3 is 0 Å². The van der Waals surface area contributed by atoms with Crippen molar-refractivity contribution in [1.29, 1.82) is 0 Å². The summed E-state index contributed by atoms with van der Waals surface area (Å²) >= 11 is 0. The highest BCUT2D eigenvalue weighted by Crippen LogP contribution is 2.29. The number of aromatic nitrogens is 2. The van der Waals surface area contributed by atoms with Crippen LogP contribution in [0.1, 0.15) is 37.6 Å².